The molecule has 1 aromatic carbocycles. The van der Waals surface area contributed by atoms with Crippen molar-refractivity contribution in [3.8, 4) is 0 Å². The highest BCUT2D eigenvalue weighted by Crippen LogP contribution is 2.31. The van der Waals surface area contributed by atoms with E-state index in [9.17, 15) is 18.0 Å². The summed E-state index contributed by atoms with van der Waals surface area (Å²) in [6.07, 6.45) is -4.05. The Balaban J connectivity index is 3.03. The van der Waals surface area contributed by atoms with Crippen LogP contribution in [0.15, 0.2) is 18.2 Å². The number of halogens is 3. The topological polar surface area (TPSA) is 17.1 Å². The molecule has 0 fully saturated rings. The summed E-state index contributed by atoms with van der Waals surface area (Å²) in [5.74, 6) is -0.117. The molecule has 0 heterocycles. The Hall–Kier alpha value is -1.32. The van der Waals surface area contributed by atoms with Crippen molar-refractivity contribution in [1.29, 1.82) is 0 Å². The molecule has 0 aromatic heterocycles. The molecular formula is C14H17F3O. The highest BCUT2D eigenvalue weighted by molar-refractivity contribution is 5.97. The number of alkyl halides is 3. The lowest BCUT2D eigenvalue weighted by Crippen LogP contribution is -2.14. The molecule has 1 nitrogen and oxygen atoms in total. The van der Waals surface area contributed by atoms with E-state index in [4.69, 9.17) is 0 Å². The number of Topliss-reactive ketones (excluding diaryl/α,β-unsaturated/α-hetero) is 1. The second-order valence-corrected chi connectivity index (χ2v) is 5.69. The first-order valence-corrected chi connectivity index (χ1v) is 5.72. The number of aryl methyl sites for hydroxylation is 1. The molecule has 18 heavy (non-hydrogen) atoms. The Morgan fingerprint density at radius 1 is 1.17 bits per heavy atom. The van der Waals surface area contributed by atoms with Gasteiger partial charge < -0.3 is 0 Å². The third-order valence-electron chi connectivity index (χ3n) is 2.55. The second kappa shape index (κ2) is 4.75. The summed E-state index contributed by atoms with van der Waals surface area (Å²) in [5.41, 5.74) is -0.143. The minimum Gasteiger partial charge on any atom is -0.294 e. The number of benzene rings is 1. The number of hydrogen-bond acceptors (Lipinski definition) is 1. The van der Waals surface area contributed by atoms with Gasteiger partial charge in [-0.15, -0.1) is 0 Å². The minimum atomic E-state index is -4.36. The maximum absolute atomic E-state index is 12.5. The van der Waals surface area contributed by atoms with E-state index in [-0.39, 0.29) is 11.2 Å². The van der Waals surface area contributed by atoms with Crippen molar-refractivity contribution >= 4 is 5.78 Å². The zero-order valence-electron chi connectivity index (χ0n) is 11.0. The molecule has 0 amide bonds. The minimum absolute atomic E-state index is 0.117. The second-order valence-electron chi connectivity index (χ2n) is 5.69. The number of ketones is 1. The molecule has 0 aliphatic carbocycles. The summed E-state index contributed by atoms with van der Waals surface area (Å²) in [6, 6.07) is 3.25. The number of carbonyl (C=O) groups is 1. The third kappa shape index (κ3) is 3.86. The zero-order chi connectivity index (χ0) is 14.1. The summed E-state index contributed by atoms with van der Waals surface area (Å²) in [4.78, 5) is 12.0. The molecule has 0 aliphatic rings. The normalized spacial score (nSPS) is 12.6. The van der Waals surface area contributed by atoms with Crippen molar-refractivity contribution in [2.24, 2.45) is 5.41 Å². The smallest absolute Gasteiger partial charge is 0.294 e. The summed E-state index contributed by atoms with van der Waals surface area (Å²) >= 11 is 0. The Kier molecular flexibility index (Phi) is 3.89. The van der Waals surface area contributed by atoms with Crippen LogP contribution in [0.5, 0.6) is 0 Å². The van der Waals surface area contributed by atoms with Crippen LogP contribution in [0.2, 0.25) is 0 Å². The van der Waals surface area contributed by atoms with Gasteiger partial charge in [0.1, 0.15) is 0 Å². The highest BCUT2D eigenvalue weighted by Gasteiger charge is 2.31. The molecule has 0 radical (unpaired) electrons. The van der Waals surface area contributed by atoms with Gasteiger partial charge in [0, 0.05) is 12.0 Å². The van der Waals surface area contributed by atoms with Gasteiger partial charge in [-0.1, -0.05) is 26.8 Å². The van der Waals surface area contributed by atoms with Crippen LogP contribution >= 0.6 is 0 Å². The van der Waals surface area contributed by atoms with Gasteiger partial charge in [0.25, 0.3) is 0 Å². The van der Waals surface area contributed by atoms with E-state index in [1.807, 2.05) is 20.8 Å². The first kappa shape index (κ1) is 14.7. The van der Waals surface area contributed by atoms with Crippen LogP contribution in [0, 0.1) is 12.3 Å². The van der Waals surface area contributed by atoms with Gasteiger partial charge in [0.05, 0.1) is 5.56 Å². The summed E-state index contributed by atoms with van der Waals surface area (Å²) in [6.45, 7) is 7.30. The maximum Gasteiger partial charge on any atom is 0.416 e. The van der Waals surface area contributed by atoms with E-state index in [2.05, 4.69) is 0 Å². The van der Waals surface area contributed by atoms with Crippen molar-refractivity contribution in [3.63, 3.8) is 0 Å². The number of rotatable bonds is 2. The molecule has 1 aromatic rings. The van der Waals surface area contributed by atoms with Crippen LogP contribution in [0.3, 0.4) is 0 Å². The van der Waals surface area contributed by atoms with Crippen molar-refractivity contribution in [2.75, 3.05) is 0 Å². The standard InChI is InChI=1S/C14H17F3O/c1-9-7-10(14(15,16)17)5-6-11(9)12(18)8-13(2,3)4/h5-7H,8H2,1-4H3. The van der Waals surface area contributed by atoms with Crippen LogP contribution in [-0.2, 0) is 6.18 Å². The SMILES string of the molecule is Cc1cc(C(F)(F)F)ccc1C(=O)CC(C)(C)C. The van der Waals surface area contributed by atoms with Crippen molar-refractivity contribution < 1.29 is 18.0 Å². The van der Waals surface area contributed by atoms with Gasteiger partial charge in [-0.05, 0) is 30.0 Å². The van der Waals surface area contributed by atoms with Crippen molar-refractivity contribution in [1.82, 2.24) is 0 Å². The molecule has 0 bridgehead atoms. The van der Waals surface area contributed by atoms with Gasteiger partial charge in [0.2, 0.25) is 0 Å². The lowest BCUT2D eigenvalue weighted by atomic mass is 9.86. The molecule has 0 atom stereocenters. The van der Waals surface area contributed by atoms with E-state index in [0.29, 0.717) is 17.5 Å². The molecule has 100 valence electrons. The number of hydrogen-bond donors (Lipinski definition) is 0. The predicted octanol–water partition coefficient (Wildman–Crippen LogP) is 4.63. The van der Waals surface area contributed by atoms with E-state index >= 15 is 0 Å². The van der Waals surface area contributed by atoms with Gasteiger partial charge in [-0.25, -0.2) is 0 Å². The zero-order valence-corrected chi connectivity index (χ0v) is 11.0. The van der Waals surface area contributed by atoms with Crippen molar-refractivity contribution in [3.05, 3.63) is 34.9 Å². The predicted molar refractivity (Wildman–Crippen MR) is 64.6 cm³/mol. The van der Waals surface area contributed by atoms with Gasteiger partial charge in [0.15, 0.2) is 5.78 Å². The first-order chi connectivity index (χ1) is 8.00. The first-order valence-electron chi connectivity index (χ1n) is 5.72. The van der Waals surface area contributed by atoms with Crippen LogP contribution in [-0.4, -0.2) is 5.78 Å². The largest absolute Gasteiger partial charge is 0.416 e. The highest BCUT2D eigenvalue weighted by atomic mass is 19.4. The van der Waals surface area contributed by atoms with Crippen LogP contribution < -0.4 is 0 Å². The Labute approximate surface area is 105 Å². The quantitative estimate of drug-likeness (QED) is 0.707. The molecule has 0 saturated heterocycles. The molecule has 0 saturated carbocycles. The summed E-state index contributed by atoms with van der Waals surface area (Å²) in [5, 5.41) is 0. The fourth-order valence-corrected chi connectivity index (χ4v) is 1.73. The molecular weight excluding hydrogens is 241 g/mol. The van der Waals surface area contributed by atoms with Gasteiger partial charge in [-0.2, -0.15) is 13.2 Å². The lowest BCUT2D eigenvalue weighted by molar-refractivity contribution is -0.137. The fourth-order valence-electron chi connectivity index (χ4n) is 1.73. The molecule has 0 unspecified atom stereocenters. The number of carbonyl (C=O) groups excluding carboxylic acids is 1. The van der Waals surface area contributed by atoms with E-state index in [1.165, 1.54) is 13.0 Å². The Morgan fingerprint density at radius 2 is 1.72 bits per heavy atom. The monoisotopic (exact) mass is 258 g/mol. The lowest BCUT2D eigenvalue weighted by Gasteiger charge is -2.18. The van der Waals surface area contributed by atoms with Crippen molar-refractivity contribution in [2.45, 2.75) is 40.3 Å². The third-order valence-corrected chi connectivity index (χ3v) is 2.55. The van der Waals surface area contributed by atoms with E-state index in [1.54, 1.807) is 0 Å². The van der Waals surface area contributed by atoms with Crippen LogP contribution in [0.25, 0.3) is 0 Å². The van der Waals surface area contributed by atoms with Crippen LogP contribution in [0.1, 0.15) is 48.7 Å². The van der Waals surface area contributed by atoms with E-state index < -0.39 is 11.7 Å². The summed E-state index contributed by atoms with van der Waals surface area (Å²) in [7, 11) is 0. The van der Waals surface area contributed by atoms with E-state index in [0.717, 1.165) is 12.1 Å². The summed E-state index contributed by atoms with van der Waals surface area (Å²) < 4.78 is 37.5. The van der Waals surface area contributed by atoms with Crippen LogP contribution in [0.4, 0.5) is 13.2 Å². The maximum atomic E-state index is 12.5. The van der Waals surface area contributed by atoms with Gasteiger partial charge in [-0.3, -0.25) is 4.79 Å². The molecule has 0 spiro atoms. The molecule has 4 heteroatoms. The molecule has 1 rings (SSSR count). The Morgan fingerprint density at radius 3 is 2.11 bits per heavy atom. The Bertz CT molecular complexity index is 453. The average Bonchev–Trinajstić information content (AvgIpc) is 2.12. The molecule has 0 N–H and O–H groups in total. The average molecular weight is 258 g/mol. The molecule has 0 aliphatic heterocycles. The fraction of sp³-hybridized carbons (Fsp3) is 0.500. The van der Waals surface area contributed by atoms with Gasteiger partial charge >= 0.3 is 6.18 Å².